The Morgan fingerprint density at radius 3 is 1.97 bits per heavy atom. The molecule has 0 radical (unpaired) electrons. The van der Waals surface area contributed by atoms with Crippen molar-refractivity contribution in [2.24, 2.45) is 0 Å². The molecule has 7 aromatic carbocycles. The summed E-state index contributed by atoms with van der Waals surface area (Å²) < 4.78 is 0. The summed E-state index contributed by atoms with van der Waals surface area (Å²) in [7, 11) is 0. The lowest BCUT2D eigenvalue weighted by Crippen LogP contribution is -2.27. The second kappa shape index (κ2) is 12.9. The number of allylic oxidation sites excluding steroid dienone is 8. The molecule has 59 heavy (non-hydrogen) atoms. The quantitative estimate of drug-likeness (QED) is 0.169. The topological polar surface area (TPSA) is 3.24 Å². The van der Waals surface area contributed by atoms with E-state index in [0.717, 1.165) is 37.1 Å². The van der Waals surface area contributed by atoms with Crippen molar-refractivity contribution in [3.8, 4) is 33.4 Å². The molecule has 1 nitrogen and oxygen atoms in total. The molecule has 5 aliphatic rings. The van der Waals surface area contributed by atoms with Crippen molar-refractivity contribution in [3.05, 3.63) is 233 Å². The molecular formula is C58H45N. The van der Waals surface area contributed by atoms with E-state index in [9.17, 15) is 0 Å². The summed E-state index contributed by atoms with van der Waals surface area (Å²) in [5.41, 5.74) is 25.0. The van der Waals surface area contributed by atoms with Crippen LogP contribution in [0.25, 0.3) is 44.5 Å². The lowest BCUT2D eigenvalue weighted by atomic mass is 9.68. The van der Waals surface area contributed by atoms with Crippen LogP contribution >= 0.6 is 0 Å². The highest BCUT2D eigenvalue weighted by Crippen LogP contribution is 2.66. The minimum Gasteiger partial charge on any atom is -0.310 e. The second-order valence-electron chi connectivity index (χ2n) is 17.3. The van der Waals surface area contributed by atoms with Gasteiger partial charge in [0.1, 0.15) is 0 Å². The largest absolute Gasteiger partial charge is 0.310 e. The fourth-order valence-electron chi connectivity index (χ4n) is 11.5. The number of benzene rings is 7. The number of rotatable bonds is 5. The molecular weight excluding hydrogens is 711 g/mol. The average molecular weight is 756 g/mol. The number of fused-ring (bicyclic) bond motifs is 12. The normalized spacial score (nSPS) is 18.7. The summed E-state index contributed by atoms with van der Waals surface area (Å²) in [6.45, 7) is 4.76. The maximum atomic E-state index is 2.57. The summed E-state index contributed by atoms with van der Waals surface area (Å²) in [5.74, 6) is 0. The van der Waals surface area contributed by atoms with Crippen molar-refractivity contribution in [3.63, 3.8) is 0 Å². The molecule has 0 fully saturated rings. The van der Waals surface area contributed by atoms with Crippen LogP contribution in [0.4, 0.5) is 17.1 Å². The van der Waals surface area contributed by atoms with E-state index >= 15 is 0 Å². The molecule has 5 aliphatic carbocycles. The Bertz CT molecular complexity index is 3000. The van der Waals surface area contributed by atoms with Crippen LogP contribution in [0.3, 0.4) is 0 Å². The number of anilines is 3. The van der Waals surface area contributed by atoms with Crippen LogP contribution in [-0.4, -0.2) is 0 Å². The van der Waals surface area contributed by atoms with Crippen LogP contribution in [0.15, 0.2) is 199 Å². The Kier molecular flexibility index (Phi) is 7.51. The first-order valence-electron chi connectivity index (χ1n) is 21.4. The second-order valence-corrected chi connectivity index (χ2v) is 17.3. The highest BCUT2D eigenvalue weighted by atomic mass is 15.1. The fourth-order valence-corrected chi connectivity index (χ4v) is 11.5. The first-order chi connectivity index (χ1) is 29.0. The Hall–Kier alpha value is -6.70. The van der Waals surface area contributed by atoms with Gasteiger partial charge < -0.3 is 4.90 Å². The molecule has 282 valence electrons. The van der Waals surface area contributed by atoms with E-state index in [-0.39, 0.29) is 10.8 Å². The van der Waals surface area contributed by atoms with Crippen LogP contribution < -0.4 is 4.90 Å². The minimum atomic E-state index is -0.303. The van der Waals surface area contributed by atoms with Crippen LogP contribution in [0.2, 0.25) is 0 Å². The van der Waals surface area contributed by atoms with E-state index in [1.807, 2.05) is 0 Å². The molecule has 1 spiro atoms. The first-order valence-corrected chi connectivity index (χ1v) is 21.4. The molecule has 0 bridgehead atoms. The monoisotopic (exact) mass is 755 g/mol. The summed E-state index contributed by atoms with van der Waals surface area (Å²) in [5, 5.41) is 0. The Morgan fingerprint density at radius 1 is 0.475 bits per heavy atom. The molecule has 0 amide bonds. The zero-order valence-electron chi connectivity index (χ0n) is 33.7. The summed E-state index contributed by atoms with van der Waals surface area (Å²) in [4.78, 5) is 2.51. The van der Waals surface area contributed by atoms with Crippen molar-refractivity contribution in [2.45, 2.75) is 50.4 Å². The molecule has 1 unspecified atom stereocenters. The van der Waals surface area contributed by atoms with Crippen molar-refractivity contribution in [2.75, 3.05) is 4.90 Å². The Morgan fingerprint density at radius 2 is 1.12 bits per heavy atom. The van der Waals surface area contributed by atoms with E-state index in [2.05, 4.69) is 207 Å². The molecule has 0 N–H and O–H groups in total. The van der Waals surface area contributed by atoms with E-state index in [1.54, 1.807) is 0 Å². The third-order valence-electron chi connectivity index (χ3n) is 14.0. The van der Waals surface area contributed by atoms with Gasteiger partial charge in [-0.1, -0.05) is 172 Å². The molecule has 0 saturated heterocycles. The number of hydrogen-bond donors (Lipinski definition) is 0. The lowest BCUT2D eigenvalue weighted by molar-refractivity contribution is 0.660. The van der Waals surface area contributed by atoms with Crippen molar-refractivity contribution in [1.29, 1.82) is 0 Å². The van der Waals surface area contributed by atoms with Crippen LogP contribution in [0, 0.1) is 0 Å². The predicted octanol–water partition coefficient (Wildman–Crippen LogP) is 15.3. The molecule has 0 saturated carbocycles. The molecule has 1 heteroatoms. The van der Waals surface area contributed by atoms with Crippen LogP contribution in [-0.2, 0) is 10.8 Å². The number of hydrogen-bond acceptors (Lipinski definition) is 1. The van der Waals surface area contributed by atoms with E-state index in [0.29, 0.717) is 0 Å². The highest BCUT2D eigenvalue weighted by molar-refractivity contribution is 6.06. The standard InChI is InChI=1S/C58H45N/c1-57(2)49-25-11-6-19-42(49)45-36-35-41(37-54(45)57)59(40-33-31-39(32-34-40)38-17-4-3-5-18-38)55-30-15-10-22-46(55)47-24-16-29-53-56(47)48-23-9-14-28-52(48)58(53)50-26-12-7-20-43(50)44-21-8-13-27-51(44)58/h3-7,10-13,15-20,22-37H,8-9,14,21H2,1-2H3. The summed E-state index contributed by atoms with van der Waals surface area (Å²) >= 11 is 0. The molecule has 0 aliphatic heterocycles. The zero-order chi connectivity index (χ0) is 39.3. The number of nitrogens with zero attached hydrogens (tertiary/aromatic N) is 1. The average Bonchev–Trinajstić information content (AvgIpc) is 3.86. The van der Waals surface area contributed by atoms with Crippen LogP contribution in [0.1, 0.15) is 72.9 Å². The van der Waals surface area contributed by atoms with Gasteiger partial charge in [-0.15, -0.1) is 0 Å². The third kappa shape index (κ3) is 4.79. The SMILES string of the molecule is CC1(C)c2ccccc2-c2ccc(N(c3ccc(-c4ccccc4)cc3)c3ccccc3-c3cccc4c3C3=CCCC=C3C43C4=C(CCC=C4)c4ccccc43)cc21. The Labute approximate surface area is 348 Å². The van der Waals surface area contributed by atoms with Crippen molar-refractivity contribution < 1.29 is 0 Å². The first kappa shape index (κ1) is 34.4. The summed E-state index contributed by atoms with van der Waals surface area (Å²) in [6, 6.07) is 61.5. The van der Waals surface area contributed by atoms with Gasteiger partial charge in [-0.3, -0.25) is 0 Å². The van der Waals surface area contributed by atoms with Crippen molar-refractivity contribution >= 4 is 28.2 Å². The highest BCUT2D eigenvalue weighted by Gasteiger charge is 2.54. The summed E-state index contributed by atoms with van der Waals surface area (Å²) in [6.07, 6.45) is 14.3. The van der Waals surface area contributed by atoms with E-state index in [4.69, 9.17) is 0 Å². The van der Waals surface area contributed by atoms with Gasteiger partial charge in [0.25, 0.3) is 0 Å². The van der Waals surface area contributed by atoms with Gasteiger partial charge in [0.05, 0.1) is 11.1 Å². The van der Waals surface area contributed by atoms with E-state index in [1.165, 1.54) is 94.7 Å². The van der Waals surface area contributed by atoms with E-state index < -0.39 is 0 Å². The maximum absolute atomic E-state index is 2.57. The molecule has 0 heterocycles. The van der Waals surface area contributed by atoms with Gasteiger partial charge in [0, 0.05) is 22.4 Å². The molecule has 7 aromatic rings. The smallest absolute Gasteiger partial charge is 0.0719 e. The Balaban J connectivity index is 1.09. The predicted molar refractivity (Wildman–Crippen MR) is 247 cm³/mol. The third-order valence-corrected chi connectivity index (χ3v) is 14.0. The maximum Gasteiger partial charge on any atom is 0.0719 e. The minimum absolute atomic E-state index is 0.117. The van der Waals surface area contributed by atoms with Gasteiger partial charge in [-0.05, 0) is 140 Å². The molecule has 1 atom stereocenters. The fraction of sp³-hybridized carbons (Fsp3) is 0.138. The number of para-hydroxylation sites is 1. The zero-order valence-corrected chi connectivity index (χ0v) is 33.7. The van der Waals surface area contributed by atoms with Gasteiger partial charge in [-0.2, -0.15) is 0 Å². The lowest BCUT2D eigenvalue weighted by Gasteiger charge is -2.33. The molecule has 0 aromatic heterocycles. The van der Waals surface area contributed by atoms with Gasteiger partial charge in [0.2, 0.25) is 0 Å². The van der Waals surface area contributed by atoms with Gasteiger partial charge in [-0.25, -0.2) is 0 Å². The molecule has 12 rings (SSSR count). The van der Waals surface area contributed by atoms with Gasteiger partial charge in [0.15, 0.2) is 0 Å². The van der Waals surface area contributed by atoms with Gasteiger partial charge >= 0.3 is 0 Å². The van der Waals surface area contributed by atoms with Crippen molar-refractivity contribution in [1.82, 2.24) is 0 Å². The van der Waals surface area contributed by atoms with Crippen LogP contribution in [0.5, 0.6) is 0 Å².